The minimum Gasteiger partial charge on any atom is -0.388 e. The van der Waals surface area contributed by atoms with E-state index in [1.807, 2.05) is 13.8 Å². The monoisotopic (exact) mass is 146 g/mol. The molecule has 1 aliphatic rings. The van der Waals surface area contributed by atoms with E-state index in [-0.39, 0.29) is 12.4 Å². The molecule has 3 nitrogen and oxygen atoms in total. The molecular formula is C7H14O3. The first kappa shape index (κ1) is 7.98. The van der Waals surface area contributed by atoms with E-state index in [2.05, 4.69) is 0 Å². The summed E-state index contributed by atoms with van der Waals surface area (Å²) >= 11 is 0. The maximum atomic E-state index is 9.24. The van der Waals surface area contributed by atoms with E-state index in [0.717, 1.165) is 6.42 Å². The molecule has 3 heteroatoms. The first-order valence-corrected chi connectivity index (χ1v) is 3.69. The Balaban J connectivity index is 2.38. The van der Waals surface area contributed by atoms with E-state index < -0.39 is 6.10 Å². The average Bonchev–Trinajstić information content (AvgIpc) is 1.94. The molecule has 3 atom stereocenters. The second kappa shape index (κ2) is 3.32. The largest absolute Gasteiger partial charge is 0.388 e. The summed E-state index contributed by atoms with van der Waals surface area (Å²) in [5, 5.41) is 9.24. The molecule has 1 heterocycles. The second-order valence-electron chi connectivity index (χ2n) is 2.55. The van der Waals surface area contributed by atoms with Gasteiger partial charge in [0.15, 0.2) is 6.29 Å². The molecule has 1 fully saturated rings. The Morgan fingerprint density at radius 1 is 1.60 bits per heavy atom. The van der Waals surface area contributed by atoms with Crippen LogP contribution < -0.4 is 0 Å². The average molecular weight is 146 g/mol. The Labute approximate surface area is 60.9 Å². The Morgan fingerprint density at radius 3 is 2.80 bits per heavy atom. The highest BCUT2D eigenvalue weighted by atomic mass is 16.7. The summed E-state index contributed by atoms with van der Waals surface area (Å²) in [6, 6.07) is 0. The molecule has 1 saturated heterocycles. The molecule has 10 heavy (non-hydrogen) atoms. The van der Waals surface area contributed by atoms with E-state index in [1.165, 1.54) is 0 Å². The Morgan fingerprint density at radius 2 is 2.30 bits per heavy atom. The van der Waals surface area contributed by atoms with Crippen molar-refractivity contribution < 1.29 is 14.6 Å². The van der Waals surface area contributed by atoms with Gasteiger partial charge in [0.25, 0.3) is 0 Å². The van der Waals surface area contributed by atoms with Gasteiger partial charge in [-0.1, -0.05) is 6.92 Å². The molecule has 1 aliphatic heterocycles. The number of hydrogen-bond donors (Lipinski definition) is 1. The lowest BCUT2D eigenvalue weighted by atomic mass is 10.1. The number of aliphatic hydroxyl groups excluding tert-OH is 1. The lowest BCUT2D eigenvalue weighted by Crippen LogP contribution is -2.42. The van der Waals surface area contributed by atoms with Crippen LogP contribution in [0, 0.1) is 0 Å². The van der Waals surface area contributed by atoms with Crippen LogP contribution in [0.1, 0.15) is 20.3 Å². The molecule has 0 amide bonds. The SMILES string of the molecule is CC[C@H]1O[C@@H](C)OC[C@H]1O. The highest BCUT2D eigenvalue weighted by Gasteiger charge is 2.26. The van der Waals surface area contributed by atoms with Crippen LogP contribution in [-0.2, 0) is 9.47 Å². The summed E-state index contributed by atoms with van der Waals surface area (Å²) in [5.74, 6) is 0. The fraction of sp³-hybridized carbons (Fsp3) is 1.00. The van der Waals surface area contributed by atoms with Gasteiger partial charge in [0.05, 0.1) is 12.7 Å². The minimum atomic E-state index is -0.443. The van der Waals surface area contributed by atoms with Crippen LogP contribution in [0.15, 0.2) is 0 Å². The maximum absolute atomic E-state index is 9.24. The summed E-state index contributed by atoms with van der Waals surface area (Å²) in [5.41, 5.74) is 0. The van der Waals surface area contributed by atoms with E-state index in [4.69, 9.17) is 9.47 Å². The molecule has 0 aromatic rings. The molecular weight excluding hydrogens is 132 g/mol. The van der Waals surface area contributed by atoms with Crippen LogP contribution in [0.2, 0.25) is 0 Å². The molecule has 0 spiro atoms. The molecule has 0 aromatic carbocycles. The number of hydrogen-bond acceptors (Lipinski definition) is 3. The zero-order chi connectivity index (χ0) is 7.56. The van der Waals surface area contributed by atoms with Gasteiger partial charge in [-0.05, 0) is 13.3 Å². The van der Waals surface area contributed by atoms with Crippen LogP contribution in [0.25, 0.3) is 0 Å². The van der Waals surface area contributed by atoms with Crippen molar-refractivity contribution in [3.8, 4) is 0 Å². The van der Waals surface area contributed by atoms with Gasteiger partial charge in [0.2, 0.25) is 0 Å². The van der Waals surface area contributed by atoms with Crippen molar-refractivity contribution in [2.75, 3.05) is 6.61 Å². The standard InChI is InChI=1S/C7H14O3/c1-3-7-6(8)4-9-5(2)10-7/h5-8H,3-4H2,1-2H3/t5-,6+,7+/m0/s1. The van der Waals surface area contributed by atoms with Gasteiger partial charge in [-0.25, -0.2) is 0 Å². The van der Waals surface area contributed by atoms with E-state index in [0.29, 0.717) is 6.61 Å². The minimum absolute atomic E-state index is 0.0382. The van der Waals surface area contributed by atoms with Crippen molar-refractivity contribution in [3.05, 3.63) is 0 Å². The number of aliphatic hydroxyl groups is 1. The zero-order valence-corrected chi connectivity index (χ0v) is 6.41. The van der Waals surface area contributed by atoms with Crippen LogP contribution in [0.3, 0.4) is 0 Å². The lowest BCUT2D eigenvalue weighted by Gasteiger charge is -2.31. The zero-order valence-electron chi connectivity index (χ0n) is 6.41. The predicted octanol–water partition coefficient (Wildman–Crippen LogP) is 0.519. The molecule has 0 aromatic heterocycles. The Hall–Kier alpha value is -0.120. The number of rotatable bonds is 1. The molecule has 1 rings (SSSR count). The van der Waals surface area contributed by atoms with Crippen molar-refractivity contribution in [1.82, 2.24) is 0 Å². The van der Waals surface area contributed by atoms with E-state index in [1.54, 1.807) is 0 Å². The smallest absolute Gasteiger partial charge is 0.155 e. The fourth-order valence-corrected chi connectivity index (χ4v) is 1.09. The Kier molecular flexibility index (Phi) is 2.65. The molecule has 0 unspecified atom stereocenters. The summed E-state index contributed by atoms with van der Waals surface area (Å²) in [4.78, 5) is 0. The van der Waals surface area contributed by atoms with E-state index >= 15 is 0 Å². The van der Waals surface area contributed by atoms with Gasteiger partial charge in [0.1, 0.15) is 6.10 Å². The molecule has 60 valence electrons. The molecule has 0 aliphatic carbocycles. The maximum Gasteiger partial charge on any atom is 0.155 e. The third-order valence-corrected chi connectivity index (χ3v) is 1.70. The third-order valence-electron chi connectivity index (χ3n) is 1.70. The van der Waals surface area contributed by atoms with Gasteiger partial charge in [-0.3, -0.25) is 0 Å². The van der Waals surface area contributed by atoms with E-state index in [9.17, 15) is 5.11 Å². The predicted molar refractivity (Wildman–Crippen MR) is 36.6 cm³/mol. The molecule has 0 radical (unpaired) electrons. The van der Waals surface area contributed by atoms with Crippen molar-refractivity contribution in [3.63, 3.8) is 0 Å². The van der Waals surface area contributed by atoms with Gasteiger partial charge >= 0.3 is 0 Å². The Bertz CT molecular complexity index is 105. The third kappa shape index (κ3) is 1.68. The van der Waals surface area contributed by atoms with Crippen LogP contribution in [0.4, 0.5) is 0 Å². The van der Waals surface area contributed by atoms with Gasteiger partial charge in [0, 0.05) is 0 Å². The highest BCUT2D eigenvalue weighted by molar-refractivity contribution is 4.70. The molecule has 0 saturated carbocycles. The summed E-state index contributed by atoms with van der Waals surface area (Å²) in [7, 11) is 0. The quantitative estimate of drug-likeness (QED) is 0.586. The highest BCUT2D eigenvalue weighted by Crippen LogP contribution is 2.14. The normalized spacial score (nSPS) is 41.7. The summed E-state index contributed by atoms with van der Waals surface area (Å²) < 4.78 is 10.3. The second-order valence-corrected chi connectivity index (χ2v) is 2.55. The van der Waals surface area contributed by atoms with Gasteiger partial charge in [-0.2, -0.15) is 0 Å². The first-order valence-electron chi connectivity index (χ1n) is 3.69. The molecule has 1 N–H and O–H groups in total. The van der Waals surface area contributed by atoms with Crippen LogP contribution in [0.5, 0.6) is 0 Å². The topological polar surface area (TPSA) is 38.7 Å². The van der Waals surface area contributed by atoms with Crippen molar-refractivity contribution in [1.29, 1.82) is 0 Å². The summed E-state index contributed by atoms with van der Waals surface area (Å²) in [6.45, 7) is 4.24. The first-order chi connectivity index (χ1) is 4.74. The van der Waals surface area contributed by atoms with Crippen molar-refractivity contribution in [2.24, 2.45) is 0 Å². The van der Waals surface area contributed by atoms with Crippen molar-refractivity contribution >= 4 is 0 Å². The molecule has 0 bridgehead atoms. The number of ether oxygens (including phenoxy) is 2. The van der Waals surface area contributed by atoms with Crippen LogP contribution >= 0.6 is 0 Å². The van der Waals surface area contributed by atoms with Crippen LogP contribution in [-0.4, -0.2) is 30.2 Å². The lowest BCUT2D eigenvalue weighted by molar-refractivity contribution is -0.244. The van der Waals surface area contributed by atoms with Crippen molar-refractivity contribution in [2.45, 2.75) is 38.8 Å². The fourth-order valence-electron chi connectivity index (χ4n) is 1.09. The summed E-state index contributed by atoms with van der Waals surface area (Å²) in [6.07, 6.45) is 0.202. The van der Waals surface area contributed by atoms with Gasteiger partial charge in [-0.15, -0.1) is 0 Å². The van der Waals surface area contributed by atoms with Gasteiger partial charge < -0.3 is 14.6 Å².